The molecule has 0 atom stereocenters. The van der Waals surface area contributed by atoms with Crippen LogP contribution in [0.4, 0.5) is 68.2 Å². The van der Waals surface area contributed by atoms with Gasteiger partial charge in [0.2, 0.25) is 0 Å². The molecule has 8 heteroatoms. The van der Waals surface area contributed by atoms with Crippen LogP contribution in [0.25, 0.3) is 22.3 Å². The van der Waals surface area contributed by atoms with E-state index in [9.17, 15) is 0 Å². The summed E-state index contributed by atoms with van der Waals surface area (Å²) in [6, 6.07) is 120. The fraction of sp³-hybridized carbons (Fsp3) is 0.0118. The molecular formula is C85H54B2N4O2. The van der Waals surface area contributed by atoms with Crippen molar-refractivity contribution in [1.82, 2.24) is 0 Å². The van der Waals surface area contributed by atoms with Crippen molar-refractivity contribution in [2.75, 3.05) is 19.6 Å². The minimum atomic E-state index is -0.856. The summed E-state index contributed by atoms with van der Waals surface area (Å²) in [5, 5.41) is 0. The van der Waals surface area contributed by atoms with Crippen LogP contribution in [0.2, 0.25) is 0 Å². The first kappa shape index (κ1) is 51.8. The normalized spacial score (nSPS) is 14.2. The van der Waals surface area contributed by atoms with Crippen LogP contribution in [0.15, 0.2) is 328 Å². The minimum absolute atomic E-state index is 0.0846. The predicted molar refractivity (Wildman–Crippen MR) is 384 cm³/mol. The van der Waals surface area contributed by atoms with Crippen LogP contribution >= 0.6 is 0 Å². The van der Waals surface area contributed by atoms with Crippen LogP contribution < -0.4 is 61.9 Å². The summed E-state index contributed by atoms with van der Waals surface area (Å²) in [5.74, 6) is 3.49. The van der Waals surface area contributed by atoms with Gasteiger partial charge in [-0.2, -0.15) is 0 Å². The Morgan fingerprint density at radius 1 is 0.237 bits per heavy atom. The maximum Gasteiger partial charge on any atom is 0.250 e. The Morgan fingerprint density at radius 3 is 0.882 bits per heavy atom. The lowest BCUT2D eigenvalue weighted by atomic mass is 9.35. The maximum atomic E-state index is 7.61. The average molecular weight is 1190 g/mol. The van der Waals surface area contributed by atoms with Gasteiger partial charge in [0.05, 0.1) is 50.9 Å². The highest BCUT2D eigenvalue weighted by molar-refractivity contribution is 6.97. The smallest absolute Gasteiger partial charge is 0.250 e. The van der Waals surface area contributed by atoms with Crippen molar-refractivity contribution in [3.63, 3.8) is 0 Å². The van der Waals surface area contributed by atoms with Crippen LogP contribution in [0.5, 0.6) is 23.0 Å². The van der Waals surface area contributed by atoms with Crippen LogP contribution in [0, 0.1) is 0 Å². The quantitative estimate of drug-likeness (QED) is 0.154. The number of para-hydroxylation sites is 12. The van der Waals surface area contributed by atoms with Gasteiger partial charge < -0.3 is 29.1 Å². The standard InChI is InChI=1S/C85H54B2N4O2/c1-5-25-55(26-6-1)86-67-33-13-23-43-79(67)92-83-69(86)51-49-65-81(83)61-53-59(90-75-39-19-15-35-71(75)88(57-29-9-3-10-30-57)72-36-16-20-40-76(72)90)45-47-63(61)85(65)64-48-46-60(91-77-41-21-17-37-73(77)89(58-31-11-4-12-32-58)74-38-18-22-42-78(74)91)54-62(64)82-66(85)50-52-70-84(82)93-80-44-24-14-34-68(80)87(70)56-27-7-2-8-28-56/h1-54H. The molecule has 0 aromatic heterocycles. The largest absolute Gasteiger partial charge is 0.458 e. The molecule has 0 unspecified atom stereocenters. The Balaban J connectivity index is 0.878. The van der Waals surface area contributed by atoms with E-state index in [1.165, 1.54) is 33.2 Å². The molecule has 93 heavy (non-hydrogen) atoms. The Hall–Kier alpha value is -12.0. The zero-order chi connectivity index (χ0) is 60.9. The maximum absolute atomic E-state index is 7.61. The van der Waals surface area contributed by atoms with Gasteiger partial charge in [-0.15, -0.1) is 0 Å². The van der Waals surface area contributed by atoms with E-state index < -0.39 is 5.41 Å². The average Bonchev–Trinajstić information content (AvgIpc) is 1.50. The second kappa shape index (κ2) is 20.0. The van der Waals surface area contributed by atoms with Gasteiger partial charge in [0, 0.05) is 33.9 Å². The van der Waals surface area contributed by atoms with Crippen molar-refractivity contribution in [2.24, 2.45) is 0 Å². The van der Waals surface area contributed by atoms with Gasteiger partial charge in [0.1, 0.15) is 23.0 Å². The van der Waals surface area contributed by atoms with Gasteiger partial charge in [-0.1, -0.05) is 229 Å². The molecule has 432 valence electrons. The summed E-state index contributed by atoms with van der Waals surface area (Å²) in [7, 11) is 0. The van der Waals surface area contributed by atoms with E-state index in [0.29, 0.717) is 0 Å². The molecule has 20 rings (SSSR count). The molecular weight excluding hydrogens is 1130 g/mol. The van der Waals surface area contributed by atoms with Crippen molar-refractivity contribution in [3.8, 4) is 45.3 Å². The second-order valence-electron chi connectivity index (χ2n) is 25.0. The number of ether oxygens (including phenoxy) is 2. The van der Waals surface area contributed by atoms with Gasteiger partial charge in [0.25, 0.3) is 13.4 Å². The van der Waals surface area contributed by atoms with Gasteiger partial charge in [-0.25, -0.2) is 0 Å². The predicted octanol–water partition coefficient (Wildman–Crippen LogP) is 17.8. The van der Waals surface area contributed by atoms with E-state index >= 15 is 0 Å². The first-order chi connectivity index (χ1) is 46.2. The number of benzene rings is 14. The number of rotatable bonds is 6. The highest BCUT2D eigenvalue weighted by Crippen LogP contribution is 2.68. The van der Waals surface area contributed by atoms with E-state index in [4.69, 9.17) is 9.47 Å². The molecule has 4 heterocycles. The first-order valence-corrected chi connectivity index (χ1v) is 32.1. The van der Waals surface area contributed by atoms with Gasteiger partial charge >= 0.3 is 0 Å². The lowest BCUT2D eigenvalue weighted by Crippen LogP contribution is -2.55. The summed E-state index contributed by atoms with van der Waals surface area (Å²) in [5.41, 5.74) is 28.4. The van der Waals surface area contributed by atoms with Crippen molar-refractivity contribution in [1.29, 1.82) is 0 Å². The Kier molecular flexibility index (Phi) is 11.2. The van der Waals surface area contributed by atoms with Crippen molar-refractivity contribution < 1.29 is 9.47 Å². The van der Waals surface area contributed by atoms with Crippen LogP contribution in [-0.4, -0.2) is 13.4 Å². The molecule has 0 fully saturated rings. The van der Waals surface area contributed by atoms with Crippen molar-refractivity contribution in [3.05, 3.63) is 350 Å². The van der Waals surface area contributed by atoms with Crippen LogP contribution in [-0.2, 0) is 5.41 Å². The number of anilines is 12. The Labute approximate surface area is 540 Å². The molecule has 0 bridgehead atoms. The molecule has 14 aromatic carbocycles. The number of fused-ring (bicyclic) bond motifs is 20. The molecule has 0 saturated carbocycles. The fourth-order valence-corrected chi connectivity index (χ4v) is 16.7. The van der Waals surface area contributed by atoms with Crippen molar-refractivity contribution in [2.45, 2.75) is 5.41 Å². The monoisotopic (exact) mass is 1180 g/mol. The number of hydrogen-bond acceptors (Lipinski definition) is 6. The van der Waals surface area contributed by atoms with Gasteiger partial charge in [-0.05, 0) is 164 Å². The Morgan fingerprint density at radius 2 is 0.527 bits per heavy atom. The van der Waals surface area contributed by atoms with Crippen molar-refractivity contribution >= 4 is 114 Å². The lowest BCUT2D eigenvalue weighted by molar-refractivity contribution is 0.488. The minimum Gasteiger partial charge on any atom is -0.458 e. The third-order valence-corrected chi connectivity index (χ3v) is 20.3. The van der Waals surface area contributed by atoms with E-state index in [1.807, 2.05) is 0 Å². The molecule has 6 nitrogen and oxygen atoms in total. The second-order valence-corrected chi connectivity index (χ2v) is 25.0. The Bertz CT molecular complexity index is 4980. The number of hydrogen-bond donors (Lipinski definition) is 0. The van der Waals surface area contributed by atoms with Crippen LogP contribution in [0.3, 0.4) is 0 Å². The summed E-state index contributed by atoms with van der Waals surface area (Å²) in [6.07, 6.45) is 0. The third kappa shape index (κ3) is 7.31. The molecule has 2 aliphatic carbocycles. The molecule has 6 aliphatic rings. The summed E-state index contributed by atoms with van der Waals surface area (Å²) in [4.78, 5) is 9.73. The summed E-state index contributed by atoms with van der Waals surface area (Å²) < 4.78 is 15.2. The van der Waals surface area contributed by atoms with E-state index in [1.54, 1.807) is 0 Å². The molecule has 14 aromatic rings. The van der Waals surface area contributed by atoms with Crippen LogP contribution in [0.1, 0.15) is 22.3 Å². The molecule has 0 amide bonds. The zero-order valence-corrected chi connectivity index (χ0v) is 50.4. The summed E-state index contributed by atoms with van der Waals surface area (Å²) >= 11 is 0. The third-order valence-electron chi connectivity index (χ3n) is 20.3. The lowest BCUT2D eigenvalue weighted by Gasteiger charge is -2.40. The highest BCUT2D eigenvalue weighted by atomic mass is 16.5. The van der Waals surface area contributed by atoms with E-state index in [2.05, 4.69) is 347 Å². The SMILES string of the molecule is c1ccc(B2c3ccccc3Oc3c2ccc2c3-c3cc(N4c5ccccc5N(c5ccccc5)c5ccccc54)ccc3C23c2ccc(N4c5ccccc5N(c5ccccc5)c5ccccc54)cc2-c2c3ccc3c2Oc2ccccc2B3c2ccccc2)cc1. The topological polar surface area (TPSA) is 31.4 Å². The molecule has 4 aliphatic heterocycles. The molecule has 0 N–H and O–H groups in total. The van der Waals surface area contributed by atoms with E-state index in [-0.39, 0.29) is 13.4 Å². The fourth-order valence-electron chi connectivity index (χ4n) is 16.7. The molecule has 1 spiro atoms. The number of nitrogens with zero attached hydrogens (tertiary/aromatic N) is 4. The van der Waals surface area contributed by atoms with Gasteiger partial charge in [0.15, 0.2) is 0 Å². The first-order valence-electron chi connectivity index (χ1n) is 32.1. The highest BCUT2D eigenvalue weighted by Gasteiger charge is 2.56. The summed E-state index contributed by atoms with van der Waals surface area (Å²) in [6.45, 7) is -0.169. The van der Waals surface area contributed by atoms with Gasteiger partial charge in [-0.3, -0.25) is 0 Å². The zero-order valence-electron chi connectivity index (χ0n) is 50.4. The molecule has 0 saturated heterocycles. The molecule has 0 radical (unpaired) electrons. The van der Waals surface area contributed by atoms with E-state index in [0.717, 1.165) is 135 Å².